The van der Waals surface area contributed by atoms with E-state index >= 15 is 0 Å². The fourth-order valence-corrected chi connectivity index (χ4v) is 5.00. The summed E-state index contributed by atoms with van der Waals surface area (Å²) in [7, 11) is 4.23. The maximum atomic E-state index is 11.2. The number of non-ortho nitro benzene ring substituents is 1. The number of nitrogens with one attached hydrogen (secondary N) is 1. The molecule has 0 unspecified atom stereocenters. The van der Waals surface area contributed by atoms with Gasteiger partial charge in [-0.1, -0.05) is 0 Å². The average Bonchev–Trinajstić information content (AvgIpc) is 3.27. The summed E-state index contributed by atoms with van der Waals surface area (Å²) in [5, 5.41) is 22.7. The highest BCUT2D eigenvalue weighted by molar-refractivity contribution is 6.21. The number of H-pyrrole nitrogens is 1. The van der Waals surface area contributed by atoms with Gasteiger partial charge in [0.25, 0.3) is 5.69 Å². The largest absolute Gasteiger partial charge is 0.494 e. The lowest BCUT2D eigenvalue weighted by molar-refractivity contribution is -0.384. The topological polar surface area (TPSA) is 114 Å². The molecule has 10 heteroatoms. The first-order valence-electron chi connectivity index (χ1n) is 13.1. The fourth-order valence-electron chi connectivity index (χ4n) is 5.00. The molecular weight excluding hydrogens is 494 g/mol. The number of aromatic amines is 1. The van der Waals surface area contributed by atoms with E-state index < -0.39 is 4.92 Å². The molecule has 2 aromatic carbocycles. The number of nitrogens with zero attached hydrogens (tertiary/aromatic N) is 6. The second-order valence-electron chi connectivity index (χ2n) is 10.0. The van der Waals surface area contributed by atoms with E-state index in [1.807, 2.05) is 24.3 Å². The van der Waals surface area contributed by atoms with E-state index in [4.69, 9.17) is 4.99 Å². The maximum absolute atomic E-state index is 11.2. The van der Waals surface area contributed by atoms with Crippen LogP contribution in [0.25, 0.3) is 10.9 Å². The number of piperazine rings is 1. The highest BCUT2D eigenvalue weighted by Crippen LogP contribution is 2.33. The van der Waals surface area contributed by atoms with Crippen molar-refractivity contribution in [3.63, 3.8) is 0 Å². The normalized spacial score (nSPS) is 14.8. The van der Waals surface area contributed by atoms with Crippen LogP contribution in [0.2, 0.25) is 0 Å². The lowest BCUT2D eigenvalue weighted by Gasteiger charge is -2.36. The number of rotatable bonds is 9. The van der Waals surface area contributed by atoms with Crippen LogP contribution in [-0.4, -0.2) is 88.9 Å². The van der Waals surface area contributed by atoms with E-state index in [0.717, 1.165) is 56.2 Å². The van der Waals surface area contributed by atoms with Gasteiger partial charge in [0.15, 0.2) is 5.88 Å². The number of pyridine rings is 1. The van der Waals surface area contributed by atoms with Crippen LogP contribution in [0.15, 0.2) is 72.0 Å². The molecule has 0 radical (unpaired) electrons. The van der Waals surface area contributed by atoms with E-state index in [0.29, 0.717) is 22.2 Å². The first-order valence-corrected chi connectivity index (χ1v) is 13.1. The van der Waals surface area contributed by atoms with Crippen molar-refractivity contribution in [1.29, 1.82) is 0 Å². The summed E-state index contributed by atoms with van der Waals surface area (Å²) in [6.45, 7) is 6.32. The Morgan fingerprint density at radius 1 is 1.13 bits per heavy atom. The molecule has 202 valence electrons. The van der Waals surface area contributed by atoms with Crippen molar-refractivity contribution in [2.45, 2.75) is 6.42 Å². The number of fused-ring (bicyclic) bond motifs is 1. The molecule has 5 rings (SSSR count). The zero-order valence-corrected chi connectivity index (χ0v) is 22.2. The Hall–Kier alpha value is -4.28. The average molecular weight is 528 g/mol. The van der Waals surface area contributed by atoms with Gasteiger partial charge in [0, 0.05) is 67.3 Å². The van der Waals surface area contributed by atoms with Gasteiger partial charge < -0.3 is 19.9 Å². The minimum Gasteiger partial charge on any atom is -0.494 e. The lowest BCUT2D eigenvalue weighted by atomic mass is 10.0. The predicted molar refractivity (Wildman–Crippen MR) is 154 cm³/mol. The monoisotopic (exact) mass is 527 g/mol. The van der Waals surface area contributed by atoms with Crippen LogP contribution in [0.5, 0.6) is 5.88 Å². The Balaban J connectivity index is 1.39. The Labute approximate surface area is 227 Å². The van der Waals surface area contributed by atoms with Crippen LogP contribution in [-0.2, 0) is 0 Å². The van der Waals surface area contributed by atoms with Gasteiger partial charge in [0.05, 0.1) is 27.4 Å². The number of hydrogen-bond donors (Lipinski definition) is 2. The summed E-state index contributed by atoms with van der Waals surface area (Å²) in [6.07, 6.45) is 4.55. The van der Waals surface area contributed by atoms with E-state index in [-0.39, 0.29) is 11.6 Å². The van der Waals surface area contributed by atoms with E-state index in [1.165, 1.54) is 18.6 Å². The summed E-state index contributed by atoms with van der Waals surface area (Å²) < 4.78 is 0. The first kappa shape index (κ1) is 26.3. The van der Waals surface area contributed by atoms with Gasteiger partial charge in [0.1, 0.15) is 0 Å². The van der Waals surface area contributed by atoms with Gasteiger partial charge in [-0.2, -0.15) is 0 Å². The summed E-state index contributed by atoms with van der Waals surface area (Å²) in [5.74, 6) is -0.104. The molecule has 1 aliphatic heterocycles. The van der Waals surface area contributed by atoms with Crippen LogP contribution in [0.3, 0.4) is 0 Å². The van der Waals surface area contributed by atoms with Crippen LogP contribution in [0.4, 0.5) is 17.1 Å². The molecule has 0 saturated carbocycles. The smallest absolute Gasteiger partial charge is 0.271 e. The molecule has 1 fully saturated rings. The number of aromatic hydroxyl groups is 1. The third-order valence-corrected chi connectivity index (χ3v) is 7.05. The molecule has 0 spiro atoms. The molecule has 10 nitrogen and oxygen atoms in total. The third-order valence-electron chi connectivity index (χ3n) is 7.05. The molecular formula is C29H33N7O3. The molecule has 39 heavy (non-hydrogen) atoms. The quantitative estimate of drug-likeness (QED) is 0.188. The molecule has 2 aromatic heterocycles. The van der Waals surface area contributed by atoms with Crippen molar-refractivity contribution in [2.75, 3.05) is 58.3 Å². The molecule has 3 heterocycles. The molecule has 2 N–H and O–H groups in total. The number of anilines is 1. The van der Waals surface area contributed by atoms with Gasteiger partial charge in [0.2, 0.25) is 0 Å². The fraction of sp³-hybridized carbons (Fsp3) is 0.310. The summed E-state index contributed by atoms with van der Waals surface area (Å²) >= 11 is 0. The highest BCUT2D eigenvalue weighted by Gasteiger charge is 2.21. The van der Waals surface area contributed by atoms with Crippen molar-refractivity contribution in [1.82, 2.24) is 19.8 Å². The predicted octanol–water partition coefficient (Wildman–Crippen LogP) is 4.42. The Morgan fingerprint density at radius 2 is 1.90 bits per heavy atom. The standard InChI is InChI=1S/C29H33N7O3/c1-33(2)13-4-14-34-15-17-35(18-16-34)23-8-6-22(7-9-23)31-28(21-5-3-12-30-20-21)27-25-11-10-24(36(38)39)19-26(25)32-29(27)37/h3,5-12,19-20,32,37H,4,13-18H2,1-2H3. The van der Waals surface area contributed by atoms with E-state index in [1.54, 1.807) is 18.5 Å². The van der Waals surface area contributed by atoms with Gasteiger partial charge >= 0.3 is 0 Å². The second-order valence-corrected chi connectivity index (χ2v) is 10.0. The number of benzene rings is 2. The third kappa shape index (κ3) is 6.08. The molecule has 4 aromatic rings. The van der Waals surface area contributed by atoms with Gasteiger partial charge in [-0.3, -0.25) is 20.0 Å². The van der Waals surface area contributed by atoms with Crippen LogP contribution in [0, 0.1) is 10.1 Å². The number of aliphatic imine (C=N–C) groups is 1. The van der Waals surface area contributed by atoms with Crippen LogP contribution in [0.1, 0.15) is 17.5 Å². The summed E-state index contributed by atoms with van der Waals surface area (Å²) in [4.78, 5) is 30.0. The summed E-state index contributed by atoms with van der Waals surface area (Å²) in [6, 6.07) is 16.3. The SMILES string of the molecule is CN(C)CCCN1CCN(c2ccc(N=C(c3cccnc3)c3c(O)[nH]c4cc([N+](=O)[O-])ccc34)cc2)CC1. The Morgan fingerprint density at radius 3 is 2.56 bits per heavy atom. The number of hydrogen-bond acceptors (Lipinski definition) is 8. The minimum absolute atomic E-state index is 0.0554. The highest BCUT2D eigenvalue weighted by atomic mass is 16.6. The first-order chi connectivity index (χ1) is 18.9. The van der Waals surface area contributed by atoms with Crippen molar-refractivity contribution in [3.8, 4) is 5.88 Å². The number of nitro benzene ring substituents is 1. The van der Waals surface area contributed by atoms with Crippen molar-refractivity contribution in [3.05, 3.63) is 88.2 Å². The lowest BCUT2D eigenvalue weighted by Crippen LogP contribution is -2.46. The Kier molecular flexibility index (Phi) is 7.85. The Bertz CT molecular complexity index is 1460. The molecule has 0 atom stereocenters. The van der Waals surface area contributed by atoms with Gasteiger partial charge in [-0.05, 0) is 76.1 Å². The number of aromatic nitrogens is 2. The minimum atomic E-state index is -0.459. The van der Waals surface area contributed by atoms with Crippen molar-refractivity contribution in [2.24, 2.45) is 4.99 Å². The maximum Gasteiger partial charge on any atom is 0.271 e. The van der Waals surface area contributed by atoms with Gasteiger partial charge in [-0.15, -0.1) is 0 Å². The van der Waals surface area contributed by atoms with Crippen molar-refractivity contribution >= 4 is 33.7 Å². The van der Waals surface area contributed by atoms with Crippen molar-refractivity contribution < 1.29 is 10.0 Å². The molecule has 0 amide bonds. The molecule has 1 aliphatic rings. The van der Waals surface area contributed by atoms with Crippen LogP contribution < -0.4 is 4.90 Å². The van der Waals surface area contributed by atoms with E-state index in [2.05, 4.69) is 50.9 Å². The van der Waals surface area contributed by atoms with Gasteiger partial charge in [-0.25, -0.2) is 4.99 Å². The van der Waals surface area contributed by atoms with E-state index in [9.17, 15) is 15.2 Å². The molecule has 1 saturated heterocycles. The zero-order chi connectivity index (χ0) is 27.4. The molecule has 0 aliphatic carbocycles. The number of nitro groups is 1. The zero-order valence-electron chi connectivity index (χ0n) is 22.2. The second kappa shape index (κ2) is 11.6. The molecule has 0 bridgehead atoms. The summed E-state index contributed by atoms with van der Waals surface area (Å²) in [5.41, 5.74) is 4.02. The van der Waals surface area contributed by atoms with Crippen LogP contribution >= 0.6 is 0 Å².